The maximum Gasteiger partial charge on any atom is 0.242 e. The zero-order chi connectivity index (χ0) is 17.6. The summed E-state index contributed by atoms with van der Waals surface area (Å²) in [7, 11) is 1.66. The monoisotopic (exact) mass is 340 g/mol. The number of rotatable bonds is 7. The molecule has 1 saturated carbocycles. The summed E-state index contributed by atoms with van der Waals surface area (Å²) in [5.41, 5.74) is 5.63. The molecule has 0 radical (unpaired) electrons. The average Bonchev–Trinajstić information content (AvgIpc) is 3.05. The lowest BCUT2D eigenvalue weighted by Gasteiger charge is -2.40. The van der Waals surface area contributed by atoms with Crippen molar-refractivity contribution in [3.05, 3.63) is 0 Å². The molecule has 2 aliphatic rings. The Labute approximate surface area is 144 Å². The number of hydrogen-bond acceptors (Lipinski definition) is 5. The third-order valence-corrected chi connectivity index (χ3v) is 5.27. The van der Waals surface area contributed by atoms with Crippen molar-refractivity contribution in [2.45, 2.75) is 50.6 Å². The molecule has 0 bridgehead atoms. The van der Waals surface area contributed by atoms with E-state index in [4.69, 9.17) is 10.5 Å². The second-order valence-electron chi connectivity index (χ2n) is 7.00. The number of carbonyl (C=O) groups is 2. The van der Waals surface area contributed by atoms with Crippen LogP contribution in [0.2, 0.25) is 0 Å². The molecule has 1 aliphatic heterocycles. The van der Waals surface area contributed by atoms with Crippen LogP contribution in [0.3, 0.4) is 0 Å². The van der Waals surface area contributed by atoms with E-state index in [0.717, 1.165) is 32.1 Å². The number of amides is 2. The molecule has 0 aromatic heterocycles. The van der Waals surface area contributed by atoms with Gasteiger partial charge in [-0.2, -0.15) is 0 Å². The molecule has 0 spiro atoms. The molecule has 2 amide bonds. The highest BCUT2D eigenvalue weighted by molar-refractivity contribution is 5.86. The molecule has 2 rings (SSSR count). The van der Waals surface area contributed by atoms with Gasteiger partial charge in [-0.25, -0.2) is 0 Å². The van der Waals surface area contributed by atoms with E-state index in [1.807, 2.05) is 11.8 Å². The van der Waals surface area contributed by atoms with Gasteiger partial charge in [-0.05, 0) is 26.2 Å². The minimum Gasteiger partial charge on any atom is -0.385 e. The van der Waals surface area contributed by atoms with Crippen molar-refractivity contribution in [3.63, 3.8) is 0 Å². The van der Waals surface area contributed by atoms with E-state index in [-0.39, 0.29) is 17.9 Å². The summed E-state index contributed by atoms with van der Waals surface area (Å²) in [6, 6.07) is -0.178. The quantitative estimate of drug-likeness (QED) is 0.634. The Balaban J connectivity index is 1.75. The molecule has 7 heteroatoms. The molecule has 1 atom stereocenters. The molecule has 0 aromatic rings. The van der Waals surface area contributed by atoms with E-state index >= 15 is 0 Å². The van der Waals surface area contributed by atoms with Crippen LogP contribution in [0, 0.1) is 0 Å². The van der Waals surface area contributed by atoms with E-state index in [0.29, 0.717) is 39.3 Å². The van der Waals surface area contributed by atoms with Crippen molar-refractivity contribution in [1.82, 2.24) is 15.1 Å². The van der Waals surface area contributed by atoms with Gasteiger partial charge < -0.3 is 20.7 Å². The van der Waals surface area contributed by atoms with Crippen molar-refractivity contribution in [2.75, 3.05) is 46.4 Å². The Morgan fingerprint density at radius 3 is 2.42 bits per heavy atom. The van der Waals surface area contributed by atoms with Gasteiger partial charge in [0.2, 0.25) is 11.8 Å². The van der Waals surface area contributed by atoms with E-state index in [2.05, 4.69) is 10.2 Å². The molecule has 7 nitrogen and oxygen atoms in total. The molecule has 3 N–H and O–H groups in total. The van der Waals surface area contributed by atoms with Crippen LogP contribution < -0.4 is 11.1 Å². The fraction of sp³-hybridized carbons (Fsp3) is 0.882. The van der Waals surface area contributed by atoms with Gasteiger partial charge in [0.05, 0.1) is 11.6 Å². The number of nitrogens with one attached hydrogen (secondary N) is 1. The lowest BCUT2D eigenvalue weighted by atomic mass is 9.96. The topological polar surface area (TPSA) is 87.9 Å². The van der Waals surface area contributed by atoms with Gasteiger partial charge >= 0.3 is 0 Å². The molecule has 0 aromatic carbocycles. The van der Waals surface area contributed by atoms with E-state index < -0.39 is 5.54 Å². The second-order valence-corrected chi connectivity index (χ2v) is 7.00. The summed E-state index contributed by atoms with van der Waals surface area (Å²) in [6.45, 7) is 5.94. The Bertz CT molecular complexity index is 430. The first-order valence-electron chi connectivity index (χ1n) is 9.07. The third-order valence-electron chi connectivity index (χ3n) is 5.27. The van der Waals surface area contributed by atoms with Crippen LogP contribution in [0.1, 0.15) is 39.0 Å². The summed E-state index contributed by atoms with van der Waals surface area (Å²) < 4.78 is 4.98. The molecule has 2 fully saturated rings. The molecular formula is C17H32N4O3. The van der Waals surface area contributed by atoms with Crippen molar-refractivity contribution in [1.29, 1.82) is 0 Å². The number of carbonyl (C=O) groups excluding carboxylic acids is 2. The van der Waals surface area contributed by atoms with E-state index in [1.54, 1.807) is 7.11 Å². The van der Waals surface area contributed by atoms with Crippen LogP contribution in [0.15, 0.2) is 0 Å². The number of ether oxygens (including phenoxy) is 1. The van der Waals surface area contributed by atoms with Crippen molar-refractivity contribution in [3.8, 4) is 0 Å². The SMILES string of the molecule is COCCCNC(=O)C(C)N1CCN(C(=O)C2(N)CCCC2)CC1. The van der Waals surface area contributed by atoms with Gasteiger partial charge in [0.25, 0.3) is 0 Å². The largest absolute Gasteiger partial charge is 0.385 e. The van der Waals surface area contributed by atoms with Crippen LogP contribution in [0.4, 0.5) is 0 Å². The fourth-order valence-electron chi connectivity index (χ4n) is 3.59. The summed E-state index contributed by atoms with van der Waals surface area (Å²) in [6.07, 6.45) is 4.50. The summed E-state index contributed by atoms with van der Waals surface area (Å²) in [4.78, 5) is 28.8. The van der Waals surface area contributed by atoms with E-state index in [9.17, 15) is 9.59 Å². The third kappa shape index (κ3) is 4.68. The molecule has 1 aliphatic carbocycles. The minimum absolute atomic E-state index is 0.0389. The lowest BCUT2D eigenvalue weighted by Crippen LogP contribution is -2.60. The smallest absolute Gasteiger partial charge is 0.242 e. The van der Waals surface area contributed by atoms with Crippen molar-refractivity contribution in [2.24, 2.45) is 5.73 Å². The molecule has 1 saturated heterocycles. The average molecular weight is 340 g/mol. The number of nitrogens with two attached hydrogens (primary N) is 1. The highest BCUT2D eigenvalue weighted by Gasteiger charge is 2.41. The minimum atomic E-state index is -0.646. The Morgan fingerprint density at radius 2 is 1.83 bits per heavy atom. The standard InChI is InChI=1S/C17H32N4O3/c1-14(15(22)19-8-5-13-24-2)20-9-11-21(12-10-20)16(23)17(18)6-3-4-7-17/h14H,3-13,18H2,1-2H3,(H,19,22). The molecule has 1 unspecified atom stereocenters. The highest BCUT2D eigenvalue weighted by Crippen LogP contribution is 2.29. The summed E-state index contributed by atoms with van der Waals surface area (Å²) in [5, 5.41) is 2.94. The Morgan fingerprint density at radius 1 is 1.21 bits per heavy atom. The zero-order valence-corrected chi connectivity index (χ0v) is 15.1. The lowest BCUT2D eigenvalue weighted by molar-refractivity contribution is -0.139. The number of nitrogens with zero attached hydrogens (tertiary/aromatic N) is 2. The van der Waals surface area contributed by atoms with Crippen LogP contribution in [0.25, 0.3) is 0 Å². The molecule has 138 valence electrons. The predicted molar refractivity (Wildman–Crippen MR) is 92.5 cm³/mol. The first-order chi connectivity index (χ1) is 11.5. The summed E-state index contributed by atoms with van der Waals surface area (Å²) in [5.74, 6) is 0.133. The maximum absolute atomic E-state index is 12.6. The number of methoxy groups -OCH3 is 1. The van der Waals surface area contributed by atoms with Gasteiger partial charge in [0, 0.05) is 46.4 Å². The number of hydrogen-bond donors (Lipinski definition) is 2. The van der Waals surface area contributed by atoms with Gasteiger partial charge in [-0.15, -0.1) is 0 Å². The van der Waals surface area contributed by atoms with Gasteiger partial charge in [0.15, 0.2) is 0 Å². The van der Waals surface area contributed by atoms with Gasteiger partial charge in [-0.3, -0.25) is 14.5 Å². The van der Waals surface area contributed by atoms with E-state index in [1.165, 1.54) is 0 Å². The summed E-state index contributed by atoms with van der Waals surface area (Å²) >= 11 is 0. The predicted octanol–water partition coefficient (Wildman–Crippen LogP) is -0.0567. The highest BCUT2D eigenvalue weighted by atomic mass is 16.5. The number of piperazine rings is 1. The van der Waals surface area contributed by atoms with Crippen molar-refractivity contribution >= 4 is 11.8 Å². The van der Waals surface area contributed by atoms with Gasteiger partial charge in [-0.1, -0.05) is 12.8 Å². The first-order valence-corrected chi connectivity index (χ1v) is 9.07. The molecular weight excluding hydrogens is 308 g/mol. The normalized spacial score (nSPS) is 22.4. The molecule has 1 heterocycles. The Hall–Kier alpha value is -1.18. The van der Waals surface area contributed by atoms with Crippen LogP contribution in [-0.4, -0.2) is 79.6 Å². The van der Waals surface area contributed by atoms with Crippen LogP contribution in [0.5, 0.6) is 0 Å². The first kappa shape index (κ1) is 19.1. The Kier molecular flexibility index (Phi) is 7.01. The maximum atomic E-state index is 12.6. The zero-order valence-electron chi connectivity index (χ0n) is 15.1. The second kappa shape index (κ2) is 8.78. The van der Waals surface area contributed by atoms with Crippen LogP contribution in [-0.2, 0) is 14.3 Å². The van der Waals surface area contributed by atoms with Gasteiger partial charge in [0.1, 0.15) is 0 Å². The fourth-order valence-corrected chi connectivity index (χ4v) is 3.59. The van der Waals surface area contributed by atoms with Crippen LogP contribution >= 0.6 is 0 Å². The molecule has 24 heavy (non-hydrogen) atoms. The van der Waals surface area contributed by atoms with Crippen molar-refractivity contribution < 1.29 is 14.3 Å².